The molecule has 0 N–H and O–H groups in total. The molecule has 0 aliphatic carbocycles. The van der Waals surface area contributed by atoms with Crippen molar-refractivity contribution in [3.05, 3.63) is 94.7 Å². The van der Waals surface area contributed by atoms with Crippen LogP contribution in [0, 0.1) is 11.3 Å². The second-order valence-corrected chi connectivity index (χ2v) is 9.96. The molecule has 2 heterocycles. The van der Waals surface area contributed by atoms with Crippen molar-refractivity contribution in [3.8, 4) is 6.07 Å². The van der Waals surface area contributed by atoms with E-state index in [0.29, 0.717) is 11.1 Å². The number of carbonyl (C=O) groups excluding carboxylic acids is 3. The molecule has 178 valence electrons. The third-order valence-electron chi connectivity index (χ3n) is 5.55. The quantitative estimate of drug-likeness (QED) is 0.260. The summed E-state index contributed by atoms with van der Waals surface area (Å²) >= 11 is 0. The van der Waals surface area contributed by atoms with Crippen molar-refractivity contribution in [2.24, 2.45) is 0 Å². The van der Waals surface area contributed by atoms with Gasteiger partial charge in [0.05, 0.1) is 17.4 Å². The number of hydrogen-bond acceptors (Lipinski definition) is 8. The SMILES string of the molecule is CC(=O)OCC1=C(C(=O)OC(c2ccccc2)c2ccccc2)N2C(=O)/C(=C/C#N)C2S(=O)(=O)C1. The van der Waals surface area contributed by atoms with Gasteiger partial charge in [0.2, 0.25) is 0 Å². The summed E-state index contributed by atoms with van der Waals surface area (Å²) in [4.78, 5) is 38.5. The van der Waals surface area contributed by atoms with Crippen LogP contribution >= 0.6 is 0 Å². The largest absolute Gasteiger partial charge is 0.461 e. The summed E-state index contributed by atoms with van der Waals surface area (Å²) in [7, 11) is -4.00. The number of β-lactam (4-membered cyclic amide) rings is 1. The van der Waals surface area contributed by atoms with Gasteiger partial charge in [-0.3, -0.25) is 14.5 Å². The number of sulfone groups is 1. The van der Waals surface area contributed by atoms with Crippen LogP contribution in [0.4, 0.5) is 0 Å². The predicted molar refractivity (Wildman–Crippen MR) is 123 cm³/mol. The molecule has 0 radical (unpaired) electrons. The molecule has 2 aromatic carbocycles. The van der Waals surface area contributed by atoms with Gasteiger partial charge in [0.25, 0.3) is 5.91 Å². The first-order valence-electron chi connectivity index (χ1n) is 10.6. The van der Waals surface area contributed by atoms with Crippen LogP contribution < -0.4 is 0 Å². The zero-order chi connectivity index (χ0) is 25.2. The van der Waals surface area contributed by atoms with Gasteiger partial charge in [-0.25, -0.2) is 13.2 Å². The Hall–Kier alpha value is -4.23. The van der Waals surface area contributed by atoms with E-state index >= 15 is 0 Å². The number of fused-ring (bicyclic) bond motifs is 1. The summed E-state index contributed by atoms with van der Waals surface area (Å²) in [6.45, 7) is 0.635. The highest BCUT2D eigenvalue weighted by molar-refractivity contribution is 7.92. The average Bonchev–Trinajstić information content (AvgIpc) is 2.84. The zero-order valence-electron chi connectivity index (χ0n) is 18.6. The van der Waals surface area contributed by atoms with Crippen molar-refractivity contribution in [2.45, 2.75) is 18.4 Å². The Morgan fingerprint density at radius 3 is 2.20 bits per heavy atom. The van der Waals surface area contributed by atoms with Gasteiger partial charge < -0.3 is 9.47 Å². The number of carbonyl (C=O) groups is 3. The zero-order valence-corrected chi connectivity index (χ0v) is 19.4. The van der Waals surface area contributed by atoms with E-state index in [-0.39, 0.29) is 16.8 Å². The Balaban J connectivity index is 1.78. The van der Waals surface area contributed by atoms with E-state index in [2.05, 4.69) is 0 Å². The number of ether oxygens (including phenoxy) is 2. The van der Waals surface area contributed by atoms with Gasteiger partial charge in [-0.15, -0.1) is 0 Å². The van der Waals surface area contributed by atoms with E-state index in [1.807, 2.05) is 12.1 Å². The molecule has 10 heteroatoms. The van der Waals surface area contributed by atoms with E-state index in [0.717, 1.165) is 17.9 Å². The van der Waals surface area contributed by atoms with Crippen molar-refractivity contribution < 1.29 is 32.3 Å². The maximum absolute atomic E-state index is 13.5. The standard InChI is InChI=1S/C25H20N2O7S/c1-16(28)33-14-19-15-35(31,32)24-20(12-13-26)23(29)27(24)21(19)25(30)34-22(17-8-4-2-5-9-17)18-10-6-3-7-11-18/h2-12,22,24H,14-15H2,1H3/b20-12-. The van der Waals surface area contributed by atoms with Crippen LogP contribution in [-0.4, -0.2) is 48.9 Å². The molecule has 4 rings (SSSR count). The summed E-state index contributed by atoms with van der Waals surface area (Å²) in [5, 5.41) is 7.49. The highest BCUT2D eigenvalue weighted by atomic mass is 32.2. The summed E-state index contributed by atoms with van der Waals surface area (Å²) < 4.78 is 36.6. The van der Waals surface area contributed by atoms with Gasteiger partial charge >= 0.3 is 11.9 Å². The molecule has 0 spiro atoms. The Bertz CT molecular complexity index is 1350. The highest BCUT2D eigenvalue weighted by Gasteiger charge is 2.57. The number of nitrogens with zero attached hydrogens (tertiary/aromatic N) is 2. The number of amides is 1. The first-order chi connectivity index (χ1) is 16.7. The number of hydrogen-bond donors (Lipinski definition) is 0. The Morgan fingerprint density at radius 2 is 1.69 bits per heavy atom. The summed E-state index contributed by atoms with van der Waals surface area (Å²) in [6.07, 6.45) is 0.00695. The van der Waals surface area contributed by atoms with Crippen molar-refractivity contribution >= 4 is 27.7 Å². The van der Waals surface area contributed by atoms with Gasteiger partial charge in [-0.2, -0.15) is 5.26 Å². The van der Waals surface area contributed by atoms with Crippen molar-refractivity contribution in [3.63, 3.8) is 0 Å². The maximum Gasteiger partial charge on any atom is 0.356 e. The minimum absolute atomic E-state index is 0.0781. The lowest BCUT2D eigenvalue weighted by Crippen LogP contribution is -2.62. The fraction of sp³-hybridized carbons (Fsp3) is 0.200. The lowest BCUT2D eigenvalue weighted by molar-refractivity contribution is -0.149. The van der Waals surface area contributed by atoms with E-state index < -0.39 is 51.5 Å². The van der Waals surface area contributed by atoms with Gasteiger partial charge in [0.15, 0.2) is 21.3 Å². The van der Waals surface area contributed by atoms with Crippen LogP contribution in [0.5, 0.6) is 0 Å². The van der Waals surface area contributed by atoms with Crippen LogP contribution in [-0.2, 0) is 33.7 Å². The topological polar surface area (TPSA) is 131 Å². The molecule has 9 nitrogen and oxygen atoms in total. The smallest absolute Gasteiger partial charge is 0.356 e. The second-order valence-electron chi connectivity index (χ2n) is 7.90. The molecule has 1 amide bonds. The van der Waals surface area contributed by atoms with E-state index in [4.69, 9.17) is 14.7 Å². The van der Waals surface area contributed by atoms with Crippen LogP contribution in [0.2, 0.25) is 0 Å². The van der Waals surface area contributed by atoms with Gasteiger partial charge in [0, 0.05) is 18.6 Å². The average molecular weight is 493 g/mol. The third kappa shape index (κ3) is 4.58. The second kappa shape index (κ2) is 9.56. The number of allylic oxidation sites excluding steroid dienone is 1. The molecule has 2 aliphatic heterocycles. The molecule has 1 fully saturated rings. The van der Waals surface area contributed by atoms with Crippen LogP contribution in [0.3, 0.4) is 0 Å². The molecule has 1 atom stereocenters. The molecule has 1 saturated heterocycles. The number of nitriles is 1. The first-order valence-corrected chi connectivity index (χ1v) is 12.3. The van der Waals surface area contributed by atoms with Crippen LogP contribution in [0.1, 0.15) is 24.2 Å². The molecule has 35 heavy (non-hydrogen) atoms. The van der Waals surface area contributed by atoms with E-state index in [9.17, 15) is 22.8 Å². The first kappa shape index (κ1) is 23.9. The highest BCUT2D eigenvalue weighted by Crippen LogP contribution is 2.41. The van der Waals surface area contributed by atoms with Crippen molar-refractivity contribution in [2.75, 3.05) is 12.4 Å². The number of rotatable bonds is 6. The minimum atomic E-state index is -4.00. The third-order valence-corrected chi connectivity index (χ3v) is 7.45. The molecule has 0 bridgehead atoms. The Labute approximate surface area is 201 Å². The normalized spacial score (nSPS) is 19.6. The molecule has 0 aromatic heterocycles. The summed E-state index contributed by atoms with van der Waals surface area (Å²) in [6, 6.07) is 19.5. The van der Waals surface area contributed by atoms with Gasteiger partial charge in [-0.1, -0.05) is 60.7 Å². The fourth-order valence-corrected chi connectivity index (χ4v) is 5.99. The molecule has 1 unspecified atom stereocenters. The molecule has 2 aliphatic rings. The monoisotopic (exact) mass is 492 g/mol. The Kier molecular flexibility index (Phi) is 6.53. The minimum Gasteiger partial charge on any atom is -0.461 e. The summed E-state index contributed by atoms with van der Waals surface area (Å²) in [5.74, 6) is -3.07. The van der Waals surface area contributed by atoms with Gasteiger partial charge in [-0.05, 0) is 11.1 Å². The predicted octanol–water partition coefficient (Wildman–Crippen LogP) is 2.18. The van der Waals surface area contributed by atoms with E-state index in [1.165, 1.54) is 0 Å². The Morgan fingerprint density at radius 1 is 1.11 bits per heavy atom. The molecule has 0 saturated carbocycles. The van der Waals surface area contributed by atoms with Crippen molar-refractivity contribution in [1.82, 2.24) is 4.90 Å². The molecule has 2 aromatic rings. The lowest BCUT2D eigenvalue weighted by Gasteiger charge is -2.45. The van der Waals surface area contributed by atoms with E-state index in [1.54, 1.807) is 54.6 Å². The summed E-state index contributed by atoms with van der Waals surface area (Å²) in [5.41, 5.74) is 0.712. The van der Waals surface area contributed by atoms with Gasteiger partial charge in [0.1, 0.15) is 12.3 Å². The molecular weight excluding hydrogens is 472 g/mol. The molecular formula is C25H20N2O7S. The van der Waals surface area contributed by atoms with Crippen LogP contribution in [0.15, 0.2) is 83.6 Å². The number of esters is 2. The number of benzene rings is 2. The van der Waals surface area contributed by atoms with Crippen LogP contribution in [0.25, 0.3) is 0 Å². The fourth-order valence-electron chi connectivity index (χ4n) is 4.05. The lowest BCUT2D eigenvalue weighted by atomic mass is 10.0. The van der Waals surface area contributed by atoms with Crippen molar-refractivity contribution in [1.29, 1.82) is 5.26 Å². The maximum atomic E-state index is 13.5.